The first-order chi connectivity index (χ1) is 12.3. The Labute approximate surface area is 153 Å². The molecule has 0 spiro atoms. The lowest BCUT2D eigenvalue weighted by molar-refractivity contribution is -0.135. The van der Waals surface area contributed by atoms with E-state index in [-0.39, 0.29) is 12.6 Å². The van der Waals surface area contributed by atoms with E-state index in [0.29, 0.717) is 11.3 Å². The predicted octanol–water partition coefficient (Wildman–Crippen LogP) is 3.13. The van der Waals surface area contributed by atoms with Gasteiger partial charge in [0.25, 0.3) is 0 Å². The summed E-state index contributed by atoms with van der Waals surface area (Å²) in [5.74, 6) is 2.63. The Morgan fingerprint density at radius 3 is 2.68 bits per heavy atom. The highest BCUT2D eigenvalue weighted by Crippen LogP contribution is 2.31. The Morgan fingerprint density at radius 1 is 1.12 bits per heavy atom. The summed E-state index contributed by atoms with van der Waals surface area (Å²) in [5.41, 5.74) is 1.88. The van der Waals surface area contributed by atoms with Gasteiger partial charge in [-0.3, -0.25) is 0 Å². The minimum atomic E-state index is -0.314. The Kier molecular flexibility index (Phi) is 4.35. The van der Waals surface area contributed by atoms with Crippen LogP contribution in [0.4, 0.5) is 0 Å². The first-order valence-corrected chi connectivity index (χ1v) is 9.63. The van der Waals surface area contributed by atoms with E-state index < -0.39 is 0 Å². The van der Waals surface area contributed by atoms with Crippen molar-refractivity contribution in [3.63, 3.8) is 0 Å². The summed E-state index contributed by atoms with van der Waals surface area (Å²) in [6, 6.07) is 18.6. The number of esters is 1. The van der Waals surface area contributed by atoms with Crippen LogP contribution >= 0.6 is 23.1 Å². The molecule has 122 valence electrons. The average molecular weight is 362 g/mol. The molecule has 2 nitrogen and oxygen atoms in total. The molecular formula is C21H14O2S2. The molecule has 4 rings (SSSR count). The molecule has 0 fully saturated rings. The fourth-order valence-electron chi connectivity index (χ4n) is 2.93. The van der Waals surface area contributed by atoms with Crippen LogP contribution < -0.4 is 9.75 Å². The van der Waals surface area contributed by atoms with E-state index >= 15 is 0 Å². The minimum absolute atomic E-state index is 0.00247. The van der Waals surface area contributed by atoms with Crippen LogP contribution in [0.2, 0.25) is 0 Å². The number of carbonyl (C=O) groups is 1. The second-order valence-electron chi connectivity index (χ2n) is 5.54. The fraction of sp³-hybridized carbons (Fsp3) is 0.0952. The molecule has 0 aliphatic carbocycles. The van der Waals surface area contributed by atoms with Crippen LogP contribution in [-0.2, 0) is 9.53 Å². The molecule has 0 saturated heterocycles. The molecule has 0 unspecified atom stereocenters. The van der Waals surface area contributed by atoms with Crippen LogP contribution in [0.1, 0.15) is 5.56 Å². The summed E-state index contributed by atoms with van der Waals surface area (Å²) in [6.45, 7) is 0.00247. The summed E-state index contributed by atoms with van der Waals surface area (Å²) in [7, 11) is 0. The Balaban J connectivity index is 2.07. The summed E-state index contributed by atoms with van der Waals surface area (Å²) < 4.78 is 7.37. The van der Waals surface area contributed by atoms with Gasteiger partial charge in [-0.1, -0.05) is 54.5 Å². The third-order valence-electron chi connectivity index (χ3n) is 4.03. The van der Waals surface area contributed by atoms with Crippen LogP contribution in [0.3, 0.4) is 0 Å². The first-order valence-electron chi connectivity index (χ1n) is 7.83. The Bertz CT molecular complexity index is 1120. The zero-order chi connectivity index (χ0) is 17.2. The van der Waals surface area contributed by atoms with Gasteiger partial charge in [-0.05, 0) is 11.6 Å². The van der Waals surface area contributed by atoms with Gasteiger partial charge >= 0.3 is 5.97 Å². The maximum atomic E-state index is 12.5. The van der Waals surface area contributed by atoms with Gasteiger partial charge < -0.3 is 4.74 Å². The Hall–Kier alpha value is -2.48. The summed E-state index contributed by atoms with van der Waals surface area (Å²) in [5, 5.41) is 2.31. The maximum absolute atomic E-state index is 12.5. The molecule has 2 aromatic carbocycles. The fourth-order valence-corrected chi connectivity index (χ4v) is 5.53. The van der Waals surface area contributed by atoms with Gasteiger partial charge in [0.15, 0.2) is 6.61 Å². The molecular weight excluding hydrogens is 348 g/mol. The van der Waals surface area contributed by atoms with Gasteiger partial charge in [0.2, 0.25) is 0 Å². The van der Waals surface area contributed by atoms with Crippen molar-refractivity contribution >= 4 is 49.6 Å². The number of thioether (sulfide) groups is 1. The van der Waals surface area contributed by atoms with E-state index in [1.165, 1.54) is 20.6 Å². The number of hydrogen-bond donors (Lipinski definition) is 0. The van der Waals surface area contributed by atoms with Crippen molar-refractivity contribution < 1.29 is 9.53 Å². The van der Waals surface area contributed by atoms with Crippen LogP contribution in [0.15, 0.2) is 54.6 Å². The van der Waals surface area contributed by atoms with E-state index in [0.717, 1.165) is 9.75 Å². The highest BCUT2D eigenvalue weighted by molar-refractivity contribution is 8.08. The number of thiophene rings is 1. The van der Waals surface area contributed by atoms with Gasteiger partial charge in [-0.25, -0.2) is 4.79 Å². The molecule has 0 amide bonds. The van der Waals surface area contributed by atoms with Crippen LogP contribution in [0, 0.1) is 12.3 Å². The summed E-state index contributed by atoms with van der Waals surface area (Å²) in [6.07, 6.45) is 5.22. The molecule has 25 heavy (non-hydrogen) atoms. The smallest absolute Gasteiger partial charge is 0.337 e. The molecule has 1 aliphatic rings. The monoisotopic (exact) mass is 362 g/mol. The second-order valence-corrected chi connectivity index (χ2v) is 7.58. The number of benzene rings is 2. The van der Waals surface area contributed by atoms with Crippen molar-refractivity contribution in [2.24, 2.45) is 0 Å². The number of carbonyl (C=O) groups excluding carboxylic acids is 1. The number of hydrogen-bond acceptors (Lipinski definition) is 4. The lowest BCUT2D eigenvalue weighted by Crippen LogP contribution is -2.32. The van der Waals surface area contributed by atoms with Crippen molar-refractivity contribution in [1.82, 2.24) is 0 Å². The van der Waals surface area contributed by atoms with Crippen molar-refractivity contribution in [1.29, 1.82) is 0 Å². The zero-order valence-corrected chi connectivity index (χ0v) is 15.0. The quantitative estimate of drug-likeness (QED) is 0.529. The molecule has 0 bridgehead atoms. The van der Waals surface area contributed by atoms with E-state index in [1.54, 1.807) is 23.1 Å². The molecule has 0 saturated carbocycles. The molecule has 1 aliphatic heterocycles. The van der Waals surface area contributed by atoms with Gasteiger partial charge in [0, 0.05) is 30.5 Å². The van der Waals surface area contributed by atoms with Gasteiger partial charge in [-0.15, -0.1) is 29.5 Å². The van der Waals surface area contributed by atoms with Crippen molar-refractivity contribution in [3.8, 4) is 12.3 Å². The largest absolute Gasteiger partial charge is 0.449 e. The topological polar surface area (TPSA) is 26.3 Å². The molecule has 3 aromatic rings. The van der Waals surface area contributed by atoms with Crippen LogP contribution in [0.5, 0.6) is 0 Å². The number of ether oxygens (including phenoxy) is 1. The van der Waals surface area contributed by atoms with Crippen molar-refractivity contribution in [3.05, 3.63) is 69.9 Å². The van der Waals surface area contributed by atoms with Gasteiger partial charge in [-0.2, -0.15) is 0 Å². The normalized spacial score (nSPS) is 13.4. The third-order valence-corrected chi connectivity index (χ3v) is 6.42. The highest BCUT2D eigenvalue weighted by Gasteiger charge is 2.22. The molecule has 1 aromatic heterocycles. The molecule has 0 radical (unpaired) electrons. The van der Waals surface area contributed by atoms with Crippen LogP contribution in [0.25, 0.3) is 20.6 Å². The van der Waals surface area contributed by atoms with E-state index in [9.17, 15) is 4.79 Å². The summed E-state index contributed by atoms with van der Waals surface area (Å²) >= 11 is 3.33. The standard InChI is InChI=1S/C21H14O2S2/c1-2-12-23-21(22)16-13-24-19(14-8-4-3-5-9-14)18-15-10-6-7-11-17(15)25-20(16)18/h1,3-11H,12-13H2. The van der Waals surface area contributed by atoms with Gasteiger partial charge in [0.05, 0.1) is 5.57 Å². The minimum Gasteiger partial charge on any atom is -0.449 e. The lowest BCUT2D eigenvalue weighted by Gasteiger charge is -2.14. The zero-order valence-electron chi connectivity index (χ0n) is 13.3. The molecule has 0 N–H and O–H groups in total. The van der Waals surface area contributed by atoms with Crippen molar-refractivity contribution in [2.45, 2.75) is 0 Å². The molecule has 2 heterocycles. The van der Waals surface area contributed by atoms with E-state index in [1.807, 2.05) is 30.3 Å². The first kappa shape index (κ1) is 16.0. The van der Waals surface area contributed by atoms with Crippen LogP contribution in [-0.4, -0.2) is 18.3 Å². The highest BCUT2D eigenvalue weighted by atomic mass is 32.2. The average Bonchev–Trinajstić information content (AvgIpc) is 3.05. The maximum Gasteiger partial charge on any atom is 0.337 e. The number of terminal acetylenes is 1. The Morgan fingerprint density at radius 2 is 1.88 bits per heavy atom. The predicted molar refractivity (Wildman–Crippen MR) is 106 cm³/mol. The SMILES string of the molecule is C#CCOC(=O)C1=c2sc3ccccc3c2=C(c2ccccc2)SC1. The van der Waals surface area contributed by atoms with Crippen molar-refractivity contribution in [2.75, 3.05) is 12.4 Å². The molecule has 0 atom stereocenters. The lowest BCUT2D eigenvalue weighted by atomic mass is 10.1. The number of rotatable bonds is 3. The second kappa shape index (κ2) is 6.79. The summed E-state index contributed by atoms with van der Waals surface area (Å²) in [4.78, 5) is 13.7. The van der Waals surface area contributed by atoms with E-state index in [4.69, 9.17) is 11.2 Å². The number of fused-ring (bicyclic) bond motifs is 3. The van der Waals surface area contributed by atoms with E-state index in [2.05, 4.69) is 30.2 Å². The van der Waals surface area contributed by atoms with Gasteiger partial charge in [0.1, 0.15) is 0 Å². The molecule has 4 heteroatoms. The third kappa shape index (κ3) is 2.86.